The molecule has 1 aliphatic heterocycles. The fourth-order valence-corrected chi connectivity index (χ4v) is 5.17. The first-order chi connectivity index (χ1) is 12.0. The molecule has 0 aliphatic carbocycles. The van der Waals surface area contributed by atoms with Gasteiger partial charge in [0.25, 0.3) is 0 Å². The van der Waals surface area contributed by atoms with Gasteiger partial charge in [-0.1, -0.05) is 28.1 Å². The van der Waals surface area contributed by atoms with E-state index in [0.29, 0.717) is 11.3 Å². The molecule has 1 fully saturated rings. The van der Waals surface area contributed by atoms with Gasteiger partial charge < -0.3 is 4.90 Å². The third kappa shape index (κ3) is 3.18. The smallest absolute Gasteiger partial charge is 0.225 e. The van der Waals surface area contributed by atoms with Crippen molar-refractivity contribution in [3.8, 4) is 11.1 Å². The van der Waals surface area contributed by atoms with Gasteiger partial charge in [-0.05, 0) is 62.4 Å². The Balaban J connectivity index is 1.97. The summed E-state index contributed by atoms with van der Waals surface area (Å²) >= 11 is 11.5. The van der Waals surface area contributed by atoms with Crippen LogP contribution < -0.4 is 4.90 Å². The summed E-state index contributed by atoms with van der Waals surface area (Å²) < 4.78 is 1.08. The number of piperidine rings is 1. The van der Waals surface area contributed by atoms with E-state index in [9.17, 15) is 0 Å². The molecule has 25 heavy (non-hydrogen) atoms. The van der Waals surface area contributed by atoms with Gasteiger partial charge >= 0.3 is 0 Å². The molecule has 0 bridgehead atoms. The number of halogens is 2. The van der Waals surface area contributed by atoms with Crippen LogP contribution in [0.5, 0.6) is 0 Å². The standard InChI is InChI=1S/C19H19BrClN3S/c1-11-5-3-4-10-24(11)17-16-15(13-6-8-14(20)9-7-13)12(2)25-18(16)23-19(21)22-17/h6-9,11H,3-5,10H2,1-2H3. The molecule has 0 spiro atoms. The van der Waals surface area contributed by atoms with Gasteiger partial charge in [-0.25, -0.2) is 4.98 Å². The van der Waals surface area contributed by atoms with Crippen molar-refractivity contribution in [2.24, 2.45) is 0 Å². The Kier molecular flexibility index (Phi) is 4.73. The Morgan fingerprint density at radius 3 is 2.68 bits per heavy atom. The van der Waals surface area contributed by atoms with E-state index in [-0.39, 0.29) is 0 Å². The predicted octanol–water partition coefficient (Wildman–Crippen LogP) is 6.46. The van der Waals surface area contributed by atoms with Crippen LogP contribution in [0.25, 0.3) is 21.3 Å². The number of anilines is 1. The van der Waals surface area contributed by atoms with Crippen molar-refractivity contribution in [2.45, 2.75) is 39.2 Å². The van der Waals surface area contributed by atoms with Crippen molar-refractivity contribution in [3.63, 3.8) is 0 Å². The largest absolute Gasteiger partial charge is 0.353 e. The normalized spacial score (nSPS) is 18.1. The Morgan fingerprint density at radius 1 is 1.20 bits per heavy atom. The van der Waals surface area contributed by atoms with E-state index in [0.717, 1.165) is 27.1 Å². The molecule has 1 aliphatic rings. The molecule has 0 radical (unpaired) electrons. The van der Waals surface area contributed by atoms with E-state index in [1.807, 2.05) is 0 Å². The SMILES string of the molecule is Cc1sc2nc(Cl)nc(N3CCCCC3C)c2c1-c1ccc(Br)cc1. The molecule has 130 valence electrons. The van der Waals surface area contributed by atoms with Crippen molar-refractivity contribution >= 4 is 54.9 Å². The van der Waals surface area contributed by atoms with Gasteiger partial charge in [0.1, 0.15) is 10.6 Å². The van der Waals surface area contributed by atoms with Crippen LogP contribution in [0.1, 0.15) is 31.1 Å². The van der Waals surface area contributed by atoms with Gasteiger partial charge in [0.15, 0.2) is 0 Å². The molecule has 1 aromatic carbocycles. The summed E-state index contributed by atoms with van der Waals surface area (Å²) in [6.45, 7) is 5.46. The lowest BCUT2D eigenvalue weighted by Gasteiger charge is -2.35. The third-order valence-electron chi connectivity index (χ3n) is 4.89. The number of hydrogen-bond acceptors (Lipinski definition) is 4. The summed E-state index contributed by atoms with van der Waals surface area (Å²) in [7, 11) is 0. The summed E-state index contributed by atoms with van der Waals surface area (Å²) in [5.41, 5.74) is 2.43. The lowest BCUT2D eigenvalue weighted by atomic mass is 10.0. The zero-order valence-electron chi connectivity index (χ0n) is 14.2. The minimum absolute atomic E-state index is 0.337. The second kappa shape index (κ2) is 6.86. The van der Waals surface area contributed by atoms with Gasteiger partial charge in [0, 0.05) is 27.5 Å². The van der Waals surface area contributed by atoms with Crippen molar-refractivity contribution in [1.82, 2.24) is 9.97 Å². The molecular weight excluding hydrogens is 418 g/mol. The lowest BCUT2D eigenvalue weighted by Crippen LogP contribution is -2.38. The van der Waals surface area contributed by atoms with Crippen molar-refractivity contribution in [1.29, 1.82) is 0 Å². The summed E-state index contributed by atoms with van der Waals surface area (Å²) in [6.07, 6.45) is 3.67. The highest BCUT2D eigenvalue weighted by atomic mass is 79.9. The zero-order valence-corrected chi connectivity index (χ0v) is 17.4. The first kappa shape index (κ1) is 17.3. The lowest BCUT2D eigenvalue weighted by molar-refractivity contribution is 0.482. The second-order valence-corrected chi connectivity index (χ2v) is 9.03. The molecule has 2 aromatic heterocycles. The number of nitrogens with zero attached hydrogens (tertiary/aromatic N) is 3. The van der Waals surface area contributed by atoms with Gasteiger partial charge in [0.05, 0.1) is 5.39 Å². The van der Waals surface area contributed by atoms with Gasteiger partial charge in [-0.3, -0.25) is 0 Å². The maximum Gasteiger partial charge on any atom is 0.225 e. The summed E-state index contributed by atoms with van der Waals surface area (Å²) in [6, 6.07) is 8.94. The van der Waals surface area contributed by atoms with Crippen molar-refractivity contribution in [2.75, 3.05) is 11.4 Å². The number of aromatic nitrogens is 2. The molecule has 3 heterocycles. The molecule has 4 rings (SSSR count). The van der Waals surface area contributed by atoms with Crippen LogP contribution in [0.15, 0.2) is 28.7 Å². The van der Waals surface area contributed by atoms with Gasteiger partial charge in [-0.15, -0.1) is 11.3 Å². The minimum atomic E-state index is 0.337. The second-order valence-electron chi connectivity index (χ2n) is 6.57. The average Bonchev–Trinajstić information content (AvgIpc) is 2.91. The van der Waals surface area contributed by atoms with Crippen LogP contribution in [0.3, 0.4) is 0 Å². The average molecular weight is 437 g/mol. The Bertz CT molecular complexity index is 923. The molecule has 3 nitrogen and oxygen atoms in total. The number of benzene rings is 1. The van der Waals surface area contributed by atoms with Crippen molar-refractivity contribution in [3.05, 3.63) is 38.9 Å². The van der Waals surface area contributed by atoms with E-state index in [2.05, 4.69) is 68.9 Å². The molecular formula is C19H19BrClN3S. The third-order valence-corrected chi connectivity index (χ3v) is 6.59. The van der Waals surface area contributed by atoms with Crippen LogP contribution >= 0.6 is 38.9 Å². The van der Waals surface area contributed by atoms with Gasteiger partial charge in [-0.2, -0.15) is 4.98 Å². The van der Waals surface area contributed by atoms with Crippen LogP contribution in [0.2, 0.25) is 5.28 Å². The first-order valence-electron chi connectivity index (χ1n) is 8.54. The fraction of sp³-hybridized carbons (Fsp3) is 0.368. The predicted molar refractivity (Wildman–Crippen MR) is 111 cm³/mol. The fourth-order valence-electron chi connectivity index (χ4n) is 3.65. The summed E-state index contributed by atoms with van der Waals surface area (Å²) in [4.78, 5) is 13.8. The van der Waals surface area contributed by atoms with E-state index in [1.54, 1.807) is 11.3 Å². The summed E-state index contributed by atoms with van der Waals surface area (Å²) in [5, 5.41) is 1.48. The number of fused-ring (bicyclic) bond motifs is 1. The molecule has 1 atom stereocenters. The number of thiophene rings is 1. The van der Waals surface area contributed by atoms with Gasteiger partial charge in [0.2, 0.25) is 5.28 Å². The Morgan fingerprint density at radius 2 is 1.96 bits per heavy atom. The van der Waals surface area contributed by atoms with E-state index in [1.165, 1.54) is 35.3 Å². The summed E-state index contributed by atoms with van der Waals surface area (Å²) in [5.74, 6) is 0.990. The van der Waals surface area contributed by atoms with Crippen LogP contribution in [0, 0.1) is 6.92 Å². The zero-order chi connectivity index (χ0) is 17.6. The topological polar surface area (TPSA) is 29.0 Å². The van der Waals surface area contributed by atoms with E-state index >= 15 is 0 Å². The van der Waals surface area contributed by atoms with Crippen molar-refractivity contribution < 1.29 is 0 Å². The van der Waals surface area contributed by atoms with E-state index < -0.39 is 0 Å². The maximum absolute atomic E-state index is 6.27. The van der Waals surface area contributed by atoms with Crippen LogP contribution in [-0.2, 0) is 0 Å². The molecule has 3 aromatic rings. The Hall–Kier alpha value is -1.17. The van der Waals surface area contributed by atoms with Crippen LogP contribution in [0.4, 0.5) is 5.82 Å². The highest BCUT2D eigenvalue weighted by Crippen LogP contribution is 2.43. The molecule has 6 heteroatoms. The Labute approximate surface area is 165 Å². The quantitative estimate of drug-likeness (QED) is 0.432. The monoisotopic (exact) mass is 435 g/mol. The maximum atomic E-state index is 6.27. The number of hydrogen-bond donors (Lipinski definition) is 0. The molecule has 0 amide bonds. The molecule has 1 saturated heterocycles. The molecule has 0 N–H and O–H groups in total. The molecule has 1 unspecified atom stereocenters. The van der Waals surface area contributed by atoms with Crippen LogP contribution in [-0.4, -0.2) is 22.6 Å². The number of rotatable bonds is 2. The highest BCUT2D eigenvalue weighted by molar-refractivity contribution is 9.10. The first-order valence-corrected chi connectivity index (χ1v) is 10.5. The molecule has 0 saturated carbocycles. The van der Waals surface area contributed by atoms with E-state index in [4.69, 9.17) is 11.6 Å². The highest BCUT2D eigenvalue weighted by Gasteiger charge is 2.26. The minimum Gasteiger partial charge on any atom is -0.353 e. The number of aryl methyl sites for hydroxylation is 1.